The highest BCUT2D eigenvalue weighted by Gasteiger charge is 2.26. The summed E-state index contributed by atoms with van der Waals surface area (Å²) in [5.41, 5.74) is 1.81. The van der Waals surface area contributed by atoms with Crippen LogP contribution in [0.4, 0.5) is 14.5 Å². The van der Waals surface area contributed by atoms with Crippen molar-refractivity contribution < 1.29 is 18.4 Å². The van der Waals surface area contributed by atoms with Crippen LogP contribution in [-0.2, 0) is 11.2 Å². The number of amides is 1. The van der Waals surface area contributed by atoms with E-state index in [1.807, 2.05) is 11.8 Å². The highest BCUT2D eigenvalue weighted by atomic mass is 19.1. The Labute approximate surface area is 175 Å². The molecule has 1 aliphatic rings. The summed E-state index contributed by atoms with van der Waals surface area (Å²) >= 11 is 0. The van der Waals surface area contributed by atoms with Crippen LogP contribution >= 0.6 is 0 Å². The van der Waals surface area contributed by atoms with E-state index in [4.69, 9.17) is 0 Å². The molecule has 1 fully saturated rings. The first kappa shape index (κ1) is 21.9. The highest BCUT2D eigenvalue weighted by Crippen LogP contribution is 2.22. The topological polar surface area (TPSA) is 52.7 Å². The summed E-state index contributed by atoms with van der Waals surface area (Å²) in [6.45, 7) is 6.25. The van der Waals surface area contributed by atoms with E-state index >= 15 is 0 Å². The van der Waals surface area contributed by atoms with E-state index in [9.17, 15) is 18.4 Å². The smallest absolute Gasteiger partial charge is 0.237 e. The Morgan fingerprint density at radius 1 is 1.03 bits per heavy atom. The molecule has 0 spiro atoms. The second-order valence-electron chi connectivity index (χ2n) is 7.59. The number of piperazine rings is 1. The number of hydrogen-bond acceptors (Lipinski definition) is 4. The van der Waals surface area contributed by atoms with Crippen molar-refractivity contribution >= 4 is 17.4 Å². The molecule has 7 heteroatoms. The van der Waals surface area contributed by atoms with E-state index in [2.05, 4.69) is 10.2 Å². The maximum absolute atomic E-state index is 14.4. The van der Waals surface area contributed by atoms with E-state index in [1.54, 1.807) is 24.3 Å². The molecule has 0 radical (unpaired) electrons. The summed E-state index contributed by atoms with van der Waals surface area (Å²) in [5.74, 6) is -0.889. The van der Waals surface area contributed by atoms with Gasteiger partial charge in [-0.1, -0.05) is 12.1 Å². The molecular formula is C23H27F2N3O2. The van der Waals surface area contributed by atoms with Crippen molar-refractivity contribution in [2.75, 3.05) is 37.6 Å². The number of ketones is 1. The Morgan fingerprint density at radius 2 is 1.70 bits per heavy atom. The van der Waals surface area contributed by atoms with E-state index < -0.39 is 5.82 Å². The minimum Gasteiger partial charge on any atom is -0.367 e. The predicted molar refractivity (Wildman–Crippen MR) is 113 cm³/mol. The lowest BCUT2D eigenvalue weighted by molar-refractivity contribution is -0.126. The van der Waals surface area contributed by atoms with Gasteiger partial charge in [0.15, 0.2) is 5.78 Å². The minimum atomic E-state index is -0.400. The molecule has 0 aliphatic carbocycles. The molecule has 30 heavy (non-hydrogen) atoms. The average molecular weight is 415 g/mol. The van der Waals surface area contributed by atoms with Crippen LogP contribution in [-0.4, -0.2) is 55.4 Å². The van der Waals surface area contributed by atoms with E-state index in [0.717, 1.165) is 5.56 Å². The third kappa shape index (κ3) is 5.42. The van der Waals surface area contributed by atoms with Gasteiger partial charge in [-0.05, 0) is 56.2 Å². The molecule has 1 aliphatic heterocycles. The lowest BCUT2D eigenvalue weighted by Gasteiger charge is -2.38. The Hall–Kier alpha value is -2.80. The number of Topliss-reactive ketones (excluding diaryl/α,β-unsaturated/α-hetero) is 1. The average Bonchev–Trinajstić information content (AvgIpc) is 2.74. The van der Waals surface area contributed by atoms with Gasteiger partial charge in [-0.25, -0.2) is 8.78 Å². The van der Waals surface area contributed by atoms with Gasteiger partial charge in [0, 0.05) is 38.3 Å². The molecule has 1 N–H and O–H groups in total. The van der Waals surface area contributed by atoms with Gasteiger partial charge in [-0.2, -0.15) is 0 Å². The summed E-state index contributed by atoms with van der Waals surface area (Å²) in [4.78, 5) is 27.9. The summed E-state index contributed by atoms with van der Waals surface area (Å²) in [5, 5.41) is 2.93. The monoisotopic (exact) mass is 415 g/mol. The van der Waals surface area contributed by atoms with Crippen LogP contribution in [0.5, 0.6) is 0 Å². The quantitative estimate of drug-likeness (QED) is 0.707. The SMILES string of the molecule is CC(=O)c1ccc(N2CCN(C(C)C(=O)NCCc3ccc(F)cc3)CC2)c(F)c1. The first-order valence-corrected chi connectivity index (χ1v) is 10.2. The third-order valence-corrected chi connectivity index (χ3v) is 5.56. The molecule has 2 aromatic rings. The molecule has 0 bridgehead atoms. The molecule has 0 aromatic heterocycles. The third-order valence-electron chi connectivity index (χ3n) is 5.56. The number of anilines is 1. The first-order valence-electron chi connectivity index (χ1n) is 10.2. The lowest BCUT2D eigenvalue weighted by Crippen LogP contribution is -2.54. The van der Waals surface area contributed by atoms with Crippen LogP contribution < -0.4 is 10.2 Å². The van der Waals surface area contributed by atoms with E-state index in [0.29, 0.717) is 50.4 Å². The normalized spacial score (nSPS) is 15.7. The fourth-order valence-electron chi connectivity index (χ4n) is 3.63. The standard InChI is InChI=1S/C23H27F2N3O2/c1-16(23(30)26-10-9-18-3-6-20(24)7-4-18)27-11-13-28(14-12-27)22-8-5-19(17(2)29)15-21(22)25/h3-8,15-16H,9-14H2,1-2H3,(H,26,30). The number of halogens is 2. The zero-order valence-corrected chi connectivity index (χ0v) is 17.3. The number of carbonyl (C=O) groups excluding carboxylic acids is 2. The van der Waals surface area contributed by atoms with Crippen molar-refractivity contribution in [3.63, 3.8) is 0 Å². The van der Waals surface area contributed by atoms with Crippen LogP contribution in [0.2, 0.25) is 0 Å². The number of rotatable bonds is 7. The summed E-state index contributed by atoms with van der Waals surface area (Å²) in [6, 6.07) is 10.5. The van der Waals surface area contributed by atoms with Gasteiger partial charge < -0.3 is 10.2 Å². The molecule has 1 amide bonds. The van der Waals surface area contributed by atoms with E-state index in [1.165, 1.54) is 25.1 Å². The van der Waals surface area contributed by atoms with Gasteiger partial charge in [0.05, 0.1) is 11.7 Å². The van der Waals surface area contributed by atoms with Crippen LogP contribution in [0.1, 0.15) is 29.8 Å². The Bertz CT molecular complexity index is 894. The van der Waals surface area contributed by atoms with Crippen molar-refractivity contribution in [3.05, 3.63) is 65.2 Å². The van der Waals surface area contributed by atoms with Gasteiger partial charge in [-0.15, -0.1) is 0 Å². The zero-order valence-electron chi connectivity index (χ0n) is 17.3. The maximum atomic E-state index is 14.4. The Kier molecular flexibility index (Phi) is 7.15. The molecule has 1 heterocycles. The number of nitrogens with zero attached hydrogens (tertiary/aromatic N) is 2. The molecule has 0 saturated carbocycles. The fourth-order valence-corrected chi connectivity index (χ4v) is 3.63. The molecule has 1 saturated heterocycles. The highest BCUT2D eigenvalue weighted by molar-refractivity contribution is 5.94. The molecule has 160 valence electrons. The van der Waals surface area contributed by atoms with Gasteiger partial charge in [0.25, 0.3) is 0 Å². The molecule has 5 nitrogen and oxygen atoms in total. The lowest BCUT2D eigenvalue weighted by atomic mass is 10.1. The minimum absolute atomic E-state index is 0.0532. The van der Waals surface area contributed by atoms with Crippen molar-refractivity contribution in [3.8, 4) is 0 Å². The van der Waals surface area contributed by atoms with Crippen LogP contribution in [0, 0.1) is 11.6 Å². The second kappa shape index (κ2) is 9.80. The van der Waals surface area contributed by atoms with Crippen molar-refractivity contribution in [1.82, 2.24) is 10.2 Å². The number of benzene rings is 2. The van der Waals surface area contributed by atoms with Crippen LogP contribution in [0.15, 0.2) is 42.5 Å². The van der Waals surface area contributed by atoms with Gasteiger partial charge in [0.1, 0.15) is 11.6 Å². The Morgan fingerprint density at radius 3 is 2.30 bits per heavy atom. The molecule has 2 aromatic carbocycles. The van der Waals surface area contributed by atoms with E-state index in [-0.39, 0.29) is 23.5 Å². The van der Waals surface area contributed by atoms with Crippen molar-refractivity contribution in [2.24, 2.45) is 0 Å². The second-order valence-corrected chi connectivity index (χ2v) is 7.59. The summed E-state index contributed by atoms with van der Waals surface area (Å²) < 4.78 is 27.3. The van der Waals surface area contributed by atoms with Gasteiger partial charge >= 0.3 is 0 Å². The molecule has 1 unspecified atom stereocenters. The van der Waals surface area contributed by atoms with Crippen molar-refractivity contribution in [1.29, 1.82) is 0 Å². The van der Waals surface area contributed by atoms with Gasteiger partial charge in [0.2, 0.25) is 5.91 Å². The summed E-state index contributed by atoms with van der Waals surface area (Å²) in [7, 11) is 0. The van der Waals surface area contributed by atoms with Crippen LogP contribution in [0.3, 0.4) is 0 Å². The largest absolute Gasteiger partial charge is 0.367 e. The first-order chi connectivity index (χ1) is 14.3. The molecule has 3 rings (SSSR count). The number of carbonyl (C=O) groups is 2. The van der Waals surface area contributed by atoms with Gasteiger partial charge in [-0.3, -0.25) is 14.5 Å². The molecular weight excluding hydrogens is 388 g/mol. The summed E-state index contributed by atoms with van der Waals surface area (Å²) in [6.07, 6.45) is 0.641. The Balaban J connectivity index is 1.47. The number of nitrogens with one attached hydrogen (secondary N) is 1. The van der Waals surface area contributed by atoms with Crippen LogP contribution in [0.25, 0.3) is 0 Å². The zero-order chi connectivity index (χ0) is 21.7. The maximum Gasteiger partial charge on any atom is 0.237 e. The fraction of sp³-hybridized carbons (Fsp3) is 0.391. The predicted octanol–water partition coefficient (Wildman–Crippen LogP) is 3.04. The van der Waals surface area contributed by atoms with Crippen molar-refractivity contribution in [2.45, 2.75) is 26.3 Å². The molecule has 1 atom stereocenters. The number of hydrogen-bond donors (Lipinski definition) is 1.